The van der Waals surface area contributed by atoms with Crippen LogP contribution in [0.5, 0.6) is 0 Å². The van der Waals surface area contributed by atoms with Crippen molar-refractivity contribution in [3.63, 3.8) is 0 Å². The third-order valence-corrected chi connectivity index (χ3v) is 4.43. The van der Waals surface area contributed by atoms with E-state index >= 15 is 0 Å². The molecule has 0 aromatic carbocycles. The molecule has 0 aromatic heterocycles. The molecule has 0 radical (unpaired) electrons. The molecule has 6 heteroatoms. The fraction of sp³-hybridized carbons (Fsp3) is 0.526. The molecule has 1 aliphatic carbocycles. The van der Waals surface area contributed by atoms with Crippen LogP contribution in [0.25, 0.3) is 0 Å². The normalized spacial score (nSPS) is 29.8. The van der Waals surface area contributed by atoms with Gasteiger partial charge in [0.2, 0.25) is 0 Å². The van der Waals surface area contributed by atoms with Crippen molar-refractivity contribution < 1.29 is 28.6 Å². The van der Waals surface area contributed by atoms with Crippen molar-refractivity contribution in [1.29, 1.82) is 0 Å². The lowest BCUT2D eigenvalue weighted by Gasteiger charge is -2.28. The fourth-order valence-corrected chi connectivity index (χ4v) is 3.24. The second-order valence-electron chi connectivity index (χ2n) is 6.57. The van der Waals surface area contributed by atoms with Crippen molar-refractivity contribution in [3.05, 3.63) is 35.5 Å². The summed E-state index contributed by atoms with van der Waals surface area (Å²) < 4.78 is 16.3. The Bertz CT molecular complexity index is 657. The molecular formula is C19H24O6. The number of fused-ring (bicyclic) bond motifs is 1. The van der Waals surface area contributed by atoms with Gasteiger partial charge in [-0.1, -0.05) is 18.2 Å². The van der Waals surface area contributed by atoms with Crippen LogP contribution >= 0.6 is 0 Å². The Morgan fingerprint density at radius 2 is 1.84 bits per heavy atom. The average Bonchev–Trinajstić information content (AvgIpc) is 2.75. The lowest BCUT2D eigenvalue weighted by molar-refractivity contribution is -0.149. The maximum atomic E-state index is 12.0. The van der Waals surface area contributed by atoms with E-state index in [4.69, 9.17) is 14.2 Å². The predicted octanol–water partition coefficient (Wildman–Crippen LogP) is 2.63. The van der Waals surface area contributed by atoms with E-state index in [1.165, 1.54) is 13.8 Å². The van der Waals surface area contributed by atoms with Crippen LogP contribution in [0.3, 0.4) is 0 Å². The number of rotatable bonds is 2. The standard InChI is InChI=1S/C19H24O6/c1-10-6-7-15(23-13(4)20)11(2)9-17-18(12(3)19(22)25-17)16(8-10)24-14(5)21/h6,9,15-18H,3,7-8H2,1-2,4-5H3. The molecule has 6 nitrogen and oxygen atoms in total. The molecule has 1 saturated heterocycles. The minimum absolute atomic E-state index is 0.290. The topological polar surface area (TPSA) is 78.9 Å². The van der Waals surface area contributed by atoms with E-state index in [1.807, 2.05) is 19.9 Å². The maximum absolute atomic E-state index is 12.0. The van der Waals surface area contributed by atoms with Crippen molar-refractivity contribution in [2.24, 2.45) is 5.92 Å². The molecule has 0 N–H and O–H groups in total. The summed E-state index contributed by atoms with van der Waals surface area (Å²) in [6.07, 6.45) is 3.12. The summed E-state index contributed by atoms with van der Waals surface area (Å²) >= 11 is 0. The summed E-state index contributed by atoms with van der Waals surface area (Å²) in [5.41, 5.74) is 2.04. The Kier molecular flexibility index (Phi) is 5.82. The molecular weight excluding hydrogens is 324 g/mol. The first-order valence-electron chi connectivity index (χ1n) is 8.27. The molecule has 25 heavy (non-hydrogen) atoms. The monoisotopic (exact) mass is 348 g/mol. The molecule has 1 heterocycles. The van der Waals surface area contributed by atoms with Crippen molar-refractivity contribution >= 4 is 17.9 Å². The van der Waals surface area contributed by atoms with Crippen LogP contribution in [0.4, 0.5) is 0 Å². The van der Waals surface area contributed by atoms with E-state index in [0.717, 1.165) is 11.1 Å². The number of hydrogen-bond donors (Lipinski definition) is 0. The van der Waals surface area contributed by atoms with Crippen molar-refractivity contribution in [3.8, 4) is 0 Å². The molecule has 0 saturated carbocycles. The smallest absolute Gasteiger partial charge is 0.334 e. The number of esters is 3. The molecule has 0 aromatic rings. The van der Waals surface area contributed by atoms with Crippen LogP contribution in [0.1, 0.15) is 40.5 Å². The van der Waals surface area contributed by atoms with Gasteiger partial charge in [-0.3, -0.25) is 9.59 Å². The van der Waals surface area contributed by atoms with Gasteiger partial charge in [0.25, 0.3) is 0 Å². The van der Waals surface area contributed by atoms with E-state index in [0.29, 0.717) is 12.8 Å². The van der Waals surface area contributed by atoms with Crippen molar-refractivity contribution in [2.75, 3.05) is 0 Å². The molecule has 0 spiro atoms. The quantitative estimate of drug-likeness (QED) is 0.330. The minimum Gasteiger partial charge on any atom is -0.461 e. The summed E-state index contributed by atoms with van der Waals surface area (Å²) in [4.78, 5) is 34.9. The summed E-state index contributed by atoms with van der Waals surface area (Å²) in [6.45, 7) is 10.3. The molecule has 1 aliphatic heterocycles. The lowest BCUT2D eigenvalue weighted by atomic mass is 9.85. The van der Waals surface area contributed by atoms with Crippen LogP contribution in [-0.2, 0) is 28.6 Å². The van der Waals surface area contributed by atoms with Crippen LogP contribution in [0.2, 0.25) is 0 Å². The van der Waals surface area contributed by atoms with Crippen LogP contribution in [-0.4, -0.2) is 36.2 Å². The molecule has 4 unspecified atom stereocenters. The molecule has 4 atom stereocenters. The number of hydrogen-bond acceptors (Lipinski definition) is 6. The molecule has 0 amide bonds. The van der Waals surface area contributed by atoms with Gasteiger partial charge >= 0.3 is 17.9 Å². The maximum Gasteiger partial charge on any atom is 0.334 e. The van der Waals surface area contributed by atoms with Gasteiger partial charge in [-0.25, -0.2) is 4.79 Å². The first-order chi connectivity index (χ1) is 11.7. The van der Waals surface area contributed by atoms with E-state index in [1.54, 1.807) is 6.08 Å². The van der Waals surface area contributed by atoms with Gasteiger partial charge in [0, 0.05) is 32.3 Å². The van der Waals surface area contributed by atoms with Gasteiger partial charge < -0.3 is 14.2 Å². The summed E-state index contributed by atoms with van der Waals surface area (Å²) in [5, 5.41) is 0. The highest BCUT2D eigenvalue weighted by Crippen LogP contribution is 2.36. The predicted molar refractivity (Wildman–Crippen MR) is 90.4 cm³/mol. The minimum atomic E-state index is -0.603. The Balaban J connectivity index is 2.43. The average molecular weight is 348 g/mol. The zero-order valence-corrected chi connectivity index (χ0v) is 15.0. The van der Waals surface area contributed by atoms with E-state index in [9.17, 15) is 14.4 Å². The third-order valence-electron chi connectivity index (χ3n) is 4.43. The van der Waals surface area contributed by atoms with E-state index < -0.39 is 36.2 Å². The van der Waals surface area contributed by atoms with Gasteiger partial charge in [0.05, 0.1) is 5.92 Å². The lowest BCUT2D eigenvalue weighted by Crippen LogP contribution is -2.33. The van der Waals surface area contributed by atoms with Crippen LogP contribution in [0, 0.1) is 5.92 Å². The molecule has 2 rings (SSSR count). The fourth-order valence-electron chi connectivity index (χ4n) is 3.24. The highest BCUT2D eigenvalue weighted by atomic mass is 16.6. The second-order valence-corrected chi connectivity index (χ2v) is 6.57. The summed E-state index contributed by atoms with van der Waals surface area (Å²) in [7, 11) is 0. The van der Waals surface area contributed by atoms with E-state index in [-0.39, 0.29) is 11.5 Å². The van der Waals surface area contributed by atoms with Gasteiger partial charge in [0.15, 0.2) is 0 Å². The Labute approximate surface area is 147 Å². The van der Waals surface area contributed by atoms with Gasteiger partial charge in [0.1, 0.15) is 18.3 Å². The molecule has 136 valence electrons. The Hall–Kier alpha value is -2.37. The molecule has 1 fully saturated rings. The van der Waals surface area contributed by atoms with Crippen LogP contribution < -0.4 is 0 Å². The van der Waals surface area contributed by atoms with E-state index in [2.05, 4.69) is 6.58 Å². The largest absolute Gasteiger partial charge is 0.461 e. The highest BCUT2D eigenvalue weighted by molar-refractivity contribution is 5.91. The second kappa shape index (κ2) is 7.68. The van der Waals surface area contributed by atoms with Crippen LogP contribution in [0.15, 0.2) is 35.5 Å². The summed E-state index contributed by atoms with van der Waals surface area (Å²) in [6, 6.07) is 0. The molecule has 2 aliphatic rings. The number of carbonyl (C=O) groups excluding carboxylic acids is 3. The van der Waals surface area contributed by atoms with Gasteiger partial charge in [-0.2, -0.15) is 0 Å². The first-order valence-corrected chi connectivity index (χ1v) is 8.27. The number of carbonyl (C=O) groups is 3. The number of ether oxygens (including phenoxy) is 3. The SMILES string of the molecule is C=C1C(=O)OC2C=C(C)C(OC(C)=O)CC=C(C)CC(OC(C)=O)C12. The zero-order chi connectivity index (χ0) is 18.7. The Morgan fingerprint density at radius 1 is 1.20 bits per heavy atom. The molecule has 0 bridgehead atoms. The Morgan fingerprint density at radius 3 is 2.44 bits per heavy atom. The zero-order valence-electron chi connectivity index (χ0n) is 15.0. The highest BCUT2D eigenvalue weighted by Gasteiger charge is 2.44. The third kappa shape index (κ3) is 4.59. The summed E-state index contributed by atoms with van der Waals surface area (Å²) in [5.74, 6) is -1.76. The van der Waals surface area contributed by atoms with Gasteiger partial charge in [-0.15, -0.1) is 0 Å². The van der Waals surface area contributed by atoms with Gasteiger partial charge in [-0.05, 0) is 25.5 Å². The first kappa shape index (κ1) is 19.0. The van der Waals surface area contributed by atoms with Crippen molar-refractivity contribution in [2.45, 2.75) is 58.8 Å². The van der Waals surface area contributed by atoms with Crippen molar-refractivity contribution in [1.82, 2.24) is 0 Å².